The van der Waals surface area contributed by atoms with E-state index >= 15 is 0 Å². The van der Waals surface area contributed by atoms with Gasteiger partial charge in [0.25, 0.3) is 5.91 Å². The lowest BCUT2D eigenvalue weighted by atomic mass is 10.0. The van der Waals surface area contributed by atoms with Crippen LogP contribution in [-0.2, 0) is 4.74 Å². The van der Waals surface area contributed by atoms with Gasteiger partial charge in [0, 0.05) is 37.9 Å². The van der Waals surface area contributed by atoms with Crippen LogP contribution >= 0.6 is 0 Å². The third kappa shape index (κ3) is 3.37. The van der Waals surface area contributed by atoms with E-state index in [-0.39, 0.29) is 5.91 Å². The Hall–Kier alpha value is -1.66. The number of pyridine rings is 1. The van der Waals surface area contributed by atoms with Gasteiger partial charge in [-0.1, -0.05) is 0 Å². The molecule has 0 aliphatic carbocycles. The highest BCUT2D eigenvalue weighted by Gasteiger charge is 2.38. The SMILES string of the molecule is CN1CCC[C@@H]1[C@H]1CCCN1C(=O)c1ccc(N2CCOCC2)nc1. The predicted octanol–water partition coefficient (Wildman–Crippen LogP) is 1.62. The molecule has 4 heterocycles. The Morgan fingerprint density at radius 2 is 1.84 bits per heavy atom. The van der Waals surface area contributed by atoms with Gasteiger partial charge < -0.3 is 19.4 Å². The summed E-state index contributed by atoms with van der Waals surface area (Å²) in [6.45, 7) is 5.24. The smallest absolute Gasteiger partial charge is 0.255 e. The topological polar surface area (TPSA) is 48.9 Å². The number of rotatable bonds is 3. The summed E-state index contributed by atoms with van der Waals surface area (Å²) in [6.07, 6.45) is 6.44. The molecule has 2 atom stereocenters. The quantitative estimate of drug-likeness (QED) is 0.834. The van der Waals surface area contributed by atoms with Gasteiger partial charge in [-0.15, -0.1) is 0 Å². The van der Waals surface area contributed by atoms with Crippen LogP contribution < -0.4 is 4.90 Å². The predicted molar refractivity (Wildman–Crippen MR) is 97.0 cm³/mol. The van der Waals surface area contributed by atoms with E-state index in [1.54, 1.807) is 6.20 Å². The molecule has 1 aromatic rings. The van der Waals surface area contributed by atoms with Gasteiger partial charge in [-0.25, -0.2) is 4.98 Å². The molecule has 0 saturated carbocycles. The minimum absolute atomic E-state index is 0.142. The molecule has 3 aliphatic rings. The van der Waals surface area contributed by atoms with E-state index in [2.05, 4.69) is 26.7 Å². The molecule has 0 bridgehead atoms. The lowest BCUT2D eigenvalue weighted by molar-refractivity contribution is 0.0664. The number of ether oxygens (including phenoxy) is 1. The summed E-state index contributed by atoms with van der Waals surface area (Å²) in [7, 11) is 2.19. The van der Waals surface area contributed by atoms with Crippen LogP contribution in [0.4, 0.5) is 5.82 Å². The molecular weight excluding hydrogens is 316 g/mol. The van der Waals surface area contributed by atoms with E-state index in [4.69, 9.17) is 4.74 Å². The normalized spacial score (nSPS) is 27.9. The standard InChI is InChI=1S/C19H28N4O2/c1-21-8-2-4-16(21)17-5-3-9-23(17)19(24)15-6-7-18(20-14-15)22-10-12-25-13-11-22/h6-7,14,16-17H,2-5,8-13H2,1H3/t16-,17-/m1/s1. The fraction of sp³-hybridized carbons (Fsp3) is 0.684. The Labute approximate surface area is 149 Å². The van der Waals surface area contributed by atoms with Crippen LogP contribution in [0.5, 0.6) is 0 Å². The van der Waals surface area contributed by atoms with Gasteiger partial charge in [-0.05, 0) is 51.4 Å². The molecule has 4 rings (SSSR count). The molecule has 1 amide bonds. The molecule has 3 saturated heterocycles. The van der Waals surface area contributed by atoms with E-state index in [1.165, 1.54) is 12.8 Å². The molecule has 0 unspecified atom stereocenters. The third-order valence-electron chi connectivity index (χ3n) is 5.91. The zero-order valence-corrected chi connectivity index (χ0v) is 15.1. The molecule has 0 N–H and O–H groups in total. The summed E-state index contributed by atoms with van der Waals surface area (Å²) >= 11 is 0. The van der Waals surface area contributed by atoms with E-state index in [0.717, 1.165) is 58.1 Å². The highest BCUT2D eigenvalue weighted by molar-refractivity contribution is 5.94. The van der Waals surface area contributed by atoms with Gasteiger partial charge in [0.2, 0.25) is 0 Å². The summed E-state index contributed by atoms with van der Waals surface area (Å²) in [5, 5.41) is 0. The zero-order valence-electron chi connectivity index (χ0n) is 15.1. The number of carbonyl (C=O) groups excluding carboxylic acids is 1. The Morgan fingerprint density at radius 3 is 2.52 bits per heavy atom. The molecule has 25 heavy (non-hydrogen) atoms. The number of amides is 1. The van der Waals surface area contributed by atoms with Crippen LogP contribution in [-0.4, -0.2) is 79.2 Å². The number of aromatic nitrogens is 1. The Bertz CT molecular complexity index is 600. The maximum absolute atomic E-state index is 13.0. The monoisotopic (exact) mass is 344 g/mol. The van der Waals surface area contributed by atoms with Crippen LogP contribution in [0.15, 0.2) is 18.3 Å². The molecule has 6 nitrogen and oxygen atoms in total. The average molecular weight is 344 g/mol. The highest BCUT2D eigenvalue weighted by Crippen LogP contribution is 2.30. The summed E-state index contributed by atoms with van der Waals surface area (Å²) in [5.41, 5.74) is 0.713. The maximum Gasteiger partial charge on any atom is 0.255 e. The molecule has 0 radical (unpaired) electrons. The van der Waals surface area contributed by atoms with Gasteiger partial charge in [0.05, 0.1) is 18.8 Å². The van der Waals surface area contributed by atoms with Crippen LogP contribution in [0.3, 0.4) is 0 Å². The second-order valence-corrected chi connectivity index (χ2v) is 7.40. The molecular formula is C19H28N4O2. The van der Waals surface area contributed by atoms with Crippen molar-refractivity contribution >= 4 is 11.7 Å². The van der Waals surface area contributed by atoms with Crippen molar-refractivity contribution < 1.29 is 9.53 Å². The van der Waals surface area contributed by atoms with Crippen LogP contribution in [0.25, 0.3) is 0 Å². The van der Waals surface area contributed by atoms with Gasteiger partial charge in [-0.2, -0.15) is 0 Å². The largest absolute Gasteiger partial charge is 0.378 e. The van der Waals surface area contributed by atoms with Crippen molar-refractivity contribution in [1.82, 2.24) is 14.8 Å². The minimum atomic E-state index is 0.142. The average Bonchev–Trinajstić information content (AvgIpc) is 3.30. The lowest BCUT2D eigenvalue weighted by Crippen LogP contribution is -2.47. The Morgan fingerprint density at radius 1 is 1.08 bits per heavy atom. The molecule has 136 valence electrons. The first-order valence-electron chi connectivity index (χ1n) is 9.54. The van der Waals surface area contributed by atoms with Crippen LogP contribution in [0.2, 0.25) is 0 Å². The number of anilines is 1. The summed E-state index contributed by atoms with van der Waals surface area (Å²) in [5.74, 6) is 1.08. The maximum atomic E-state index is 13.0. The first kappa shape index (κ1) is 16.8. The first-order chi connectivity index (χ1) is 12.2. The van der Waals surface area contributed by atoms with Crippen molar-refractivity contribution in [2.24, 2.45) is 0 Å². The van der Waals surface area contributed by atoms with Crippen molar-refractivity contribution in [3.05, 3.63) is 23.9 Å². The number of likely N-dealkylation sites (N-methyl/N-ethyl adjacent to an activating group) is 1. The lowest BCUT2D eigenvalue weighted by Gasteiger charge is -2.33. The van der Waals surface area contributed by atoms with Gasteiger partial charge in [0.15, 0.2) is 0 Å². The van der Waals surface area contributed by atoms with Crippen molar-refractivity contribution in [2.75, 3.05) is 51.3 Å². The summed E-state index contributed by atoms with van der Waals surface area (Å²) < 4.78 is 5.39. The van der Waals surface area contributed by atoms with Crippen LogP contribution in [0, 0.1) is 0 Å². The Kier molecular flexibility index (Phi) is 4.90. The molecule has 0 spiro atoms. The molecule has 0 aromatic carbocycles. The number of nitrogens with zero attached hydrogens (tertiary/aromatic N) is 4. The van der Waals surface area contributed by atoms with Gasteiger partial charge in [-0.3, -0.25) is 4.79 Å². The number of carbonyl (C=O) groups is 1. The van der Waals surface area contributed by atoms with E-state index in [1.807, 2.05) is 12.1 Å². The first-order valence-corrected chi connectivity index (χ1v) is 9.54. The second-order valence-electron chi connectivity index (χ2n) is 7.40. The number of likely N-dealkylation sites (tertiary alicyclic amines) is 2. The van der Waals surface area contributed by atoms with Gasteiger partial charge in [0.1, 0.15) is 5.82 Å². The number of hydrogen-bond donors (Lipinski definition) is 0. The molecule has 3 fully saturated rings. The fourth-order valence-corrected chi connectivity index (χ4v) is 4.52. The number of hydrogen-bond acceptors (Lipinski definition) is 5. The van der Waals surface area contributed by atoms with E-state index in [9.17, 15) is 4.79 Å². The zero-order chi connectivity index (χ0) is 17.2. The van der Waals surface area contributed by atoms with E-state index in [0.29, 0.717) is 17.6 Å². The summed E-state index contributed by atoms with van der Waals surface area (Å²) in [6, 6.07) is 4.80. The third-order valence-corrected chi connectivity index (χ3v) is 5.91. The van der Waals surface area contributed by atoms with Crippen molar-refractivity contribution in [3.8, 4) is 0 Å². The minimum Gasteiger partial charge on any atom is -0.378 e. The van der Waals surface area contributed by atoms with Gasteiger partial charge >= 0.3 is 0 Å². The summed E-state index contributed by atoms with van der Waals surface area (Å²) in [4.78, 5) is 24.3. The van der Waals surface area contributed by atoms with E-state index < -0.39 is 0 Å². The van der Waals surface area contributed by atoms with Crippen molar-refractivity contribution in [1.29, 1.82) is 0 Å². The molecule has 1 aromatic heterocycles. The van der Waals surface area contributed by atoms with Crippen molar-refractivity contribution in [2.45, 2.75) is 37.8 Å². The van der Waals surface area contributed by atoms with Crippen LogP contribution in [0.1, 0.15) is 36.0 Å². The number of morpholine rings is 1. The fourth-order valence-electron chi connectivity index (χ4n) is 4.52. The second kappa shape index (κ2) is 7.30. The molecule has 6 heteroatoms. The van der Waals surface area contributed by atoms with Crippen molar-refractivity contribution in [3.63, 3.8) is 0 Å². The Balaban J connectivity index is 1.46. The highest BCUT2D eigenvalue weighted by atomic mass is 16.5. The molecule has 3 aliphatic heterocycles.